The normalized spacial score (nSPS) is 12.6. The maximum absolute atomic E-state index is 10.8. The third-order valence-corrected chi connectivity index (χ3v) is 1.94. The molecule has 0 aliphatic rings. The molecular weight excluding hydrogens is 341 g/mol. The van der Waals surface area contributed by atoms with Gasteiger partial charge < -0.3 is 26.0 Å². The summed E-state index contributed by atoms with van der Waals surface area (Å²) in [6.07, 6.45) is -2.72. The Balaban J connectivity index is -0.000000427. The van der Waals surface area contributed by atoms with Gasteiger partial charge in [0.2, 0.25) is 0 Å². The van der Waals surface area contributed by atoms with Crippen LogP contribution in [0.4, 0.5) is 0 Å². The monoisotopic (exact) mass is 357 g/mol. The van der Waals surface area contributed by atoms with Crippen LogP contribution in [-0.2, 0) is 23.5 Å². The number of phosphoric ester groups is 1. The molecule has 0 aliphatic heterocycles. The quantitative estimate of drug-likeness (QED) is 0.204. The van der Waals surface area contributed by atoms with E-state index in [4.69, 9.17) is 20.0 Å². The standard InChI is InChI=1S/C6H9O10P.Ca.Mg.H3N.4H/c7-3(8)1-6(12,5(10)11)2-4(9)16-17(13,14)15;;;;;;;/h12H,1-2H2,(H,7,8)(H,10,11)(H2,13,14,15);;;1H3;;;;. The van der Waals surface area contributed by atoms with Gasteiger partial charge >= 0.3 is 86.5 Å². The fourth-order valence-corrected chi connectivity index (χ4v) is 1.20. The van der Waals surface area contributed by atoms with E-state index < -0.39 is 44.2 Å². The molecule has 14 heteroatoms. The van der Waals surface area contributed by atoms with Crippen LogP contribution in [0.5, 0.6) is 0 Å². The zero-order chi connectivity index (χ0) is 13.9. The molecule has 0 saturated carbocycles. The van der Waals surface area contributed by atoms with Crippen LogP contribution in [0.15, 0.2) is 0 Å². The topological polar surface area (TPSA) is 214 Å². The molecule has 1 unspecified atom stereocenters. The summed E-state index contributed by atoms with van der Waals surface area (Å²) in [5.41, 5.74) is -2.99. The second kappa shape index (κ2) is 11.1. The van der Waals surface area contributed by atoms with Crippen LogP contribution in [0.1, 0.15) is 12.8 Å². The molecule has 0 aliphatic carbocycles. The SMILES string of the molecule is N.O=C(O)CC(O)(CC(=O)OP(=O)(O)O)C(=O)O.[CaH2].[MgH2]. The van der Waals surface area contributed by atoms with E-state index in [9.17, 15) is 24.1 Å². The molecule has 20 heavy (non-hydrogen) atoms. The van der Waals surface area contributed by atoms with E-state index in [0.717, 1.165) is 0 Å². The van der Waals surface area contributed by atoms with Crippen molar-refractivity contribution in [3.63, 3.8) is 0 Å². The maximum Gasteiger partial charge on any atom is 0.316 e. The number of carboxylic acids is 2. The molecule has 8 N–H and O–H groups in total. The first kappa shape index (κ1) is 28.6. The van der Waals surface area contributed by atoms with Gasteiger partial charge in [0, 0.05) is 0 Å². The first-order valence-electron chi connectivity index (χ1n) is 3.92. The van der Waals surface area contributed by atoms with Crippen molar-refractivity contribution in [2.45, 2.75) is 18.4 Å². The number of aliphatic carboxylic acids is 2. The molecule has 0 bridgehead atoms. The van der Waals surface area contributed by atoms with E-state index in [2.05, 4.69) is 4.52 Å². The first-order valence-corrected chi connectivity index (χ1v) is 5.45. The van der Waals surface area contributed by atoms with Gasteiger partial charge in [-0.3, -0.25) is 19.4 Å². The second-order valence-corrected chi connectivity index (χ2v) is 4.20. The van der Waals surface area contributed by atoms with Crippen LogP contribution in [0.2, 0.25) is 0 Å². The van der Waals surface area contributed by atoms with Crippen molar-refractivity contribution in [3.05, 3.63) is 0 Å². The average molecular weight is 358 g/mol. The molecule has 0 aromatic heterocycles. The molecule has 0 rings (SSSR count). The minimum absolute atomic E-state index is 0. The third kappa shape index (κ3) is 12.3. The van der Waals surface area contributed by atoms with Crippen molar-refractivity contribution in [3.8, 4) is 0 Å². The predicted molar refractivity (Wildman–Crippen MR) is 69.7 cm³/mol. The van der Waals surface area contributed by atoms with Gasteiger partial charge in [-0.1, -0.05) is 0 Å². The van der Waals surface area contributed by atoms with Crippen molar-refractivity contribution < 1.29 is 48.6 Å². The molecule has 0 amide bonds. The summed E-state index contributed by atoms with van der Waals surface area (Å²) in [4.78, 5) is 48.1. The van der Waals surface area contributed by atoms with E-state index in [1.165, 1.54) is 0 Å². The van der Waals surface area contributed by atoms with Gasteiger partial charge in [0.05, 0.1) is 12.8 Å². The average Bonchev–Trinajstić information content (AvgIpc) is 1.96. The van der Waals surface area contributed by atoms with Gasteiger partial charge in [0.25, 0.3) is 0 Å². The number of aliphatic hydroxyl groups is 1. The molecule has 0 heterocycles. The summed E-state index contributed by atoms with van der Waals surface area (Å²) in [5, 5.41) is 26.1. The van der Waals surface area contributed by atoms with Gasteiger partial charge in [-0.2, -0.15) is 0 Å². The number of phosphoric acid groups is 1. The fraction of sp³-hybridized carbons (Fsp3) is 0.500. The van der Waals surface area contributed by atoms with Gasteiger partial charge in [-0.05, 0) is 0 Å². The Kier molecular flexibility index (Phi) is 15.9. The molecular formula is C6H16CaMgNO10P. The van der Waals surface area contributed by atoms with E-state index in [-0.39, 0.29) is 66.9 Å². The maximum atomic E-state index is 10.8. The first-order chi connectivity index (χ1) is 7.46. The number of hydrogen-bond acceptors (Lipinski definition) is 7. The molecule has 0 fully saturated rings. The number of carbonyl (C=O) groups is 3. The number of hydrogen-bond donors (Lipinski definition) is 6. The molecule has 11 nitrogen and oxygen atoms in total. The smallest absolute Gasteiger partial charge is 0.316 e. The summed E-state index contributed by atoms with van der Waals surface area (Å²) < 4.78 is 13.7. The van der Waals surface area contributed by atoms with Crippen LogP contribution in [0, 0.1) is 0 Å². The summed E-state index contributed by atoms with van der Waals surface area (Å²) in [6.45, 7) is 0. The third-order valence-electron chi connectivity index (χ3n) is 1.50. The summed E-state index contributed by atoms with van der Waals surface area (Å²) in [7, 11) is -5.17. The summed E-state index contributed by atoms with van der Waals surface area (Å²) in [5.74, 6) is -5.47. The van der Waals surface area contributed by atoms with Crippen LogP contribution in [0.3, 0.4) is 0 Å². The van der Waals surface area contributed by atoms with E-state index >= 15 is 0 Å². The van der Waals surface area contributed by atoms with Crippen LogP contribution >= 0.6 is 7.82 Å². The fourth-order valence-electron chi connectivity index (χ4n) is 0.868. The van der Waals surface area contributed by atoms with Gasteiger partial charge in [0.15, 0.2) is 5.60 Å². The van der Waals surface area contributed by atoms with E-state index in [1.807, 2.05) is 0 Å². The van der Waals surface area contributed by atoms with Gasteiger partial charge in [0.1, 0.15) is 0 Å². The summed E-state index contributed by atoms with van der Waals surface area (Å²) in [6, 6.07) is 0. The minimum Gasteiger partial charge on any atom is 0.316 e. The van der Waals surface area contributed by atoms with Crippen molar-refractivity contribution >= 4 is 86.5 Å². The second-order valence-electron chi connectivity index (χ2n) is 3.04. The van der Waals surface area contributed by atoms with Gasteiger partial charge in [-0.25, -0.2) is 9.36 Å². The largest absolute Gasteiger partial charge is 0.316 e. The van der Waals surface area contributed by atoms with Crippen molar-refractivity contribution in [2.75, 3.05) is 0 Å². The molecule has 114 valence electrons. The molecule has 0 saturated heterocycles. The predicted octanol–water partition coefficient (Wildman–Crippen LogP) is -3.37. The molecule has 1 atom stereocenters. The van der Waals surface area contributed by atoms with E-state index in [1.54, 1.807) is 0 Å². The van der Waals surface area contributed by atoms with Crippen LogP contribution in [-0.4, -0.2) is 109 Å². The Morgan fingerprint density at radius 1 is 1.10 bits per heavy atom. The van der Waals surface area contributed by atoms with Crippen LogP contribution in [0.25, 0.3) is 0 Å². The Morgan fingerprint density at radius 3 is 1.75 bits per heavy atom. The Morgan fingerprint density at radius 2 is 1.50 bits per heavy atom. The Labute approximate surface area is 158 Å². The molecule has 0 aromatic rings. The van der Waals surface area contributed by atoms with Crippen molar-refractivity contribution in [1.29, 1.82) is 0 Å². The zero-order valence-corrected chi connectivity index (χ0v) is 9.74. The van der Waals surface area contributed by atoms with Crippen molar-refractivity contribution in [1.82, 2.24) is 6.15 Å². The number of carbonyl (C=O) groups excluding carboxylic acids is 1. The van der Waals surface area contributed by atoms with E-state index in [0.29, 0.717) is 0 Å². The number of rotatable bonds is 6. The Bertz CT molecular complexity index is 399. The zero-order valence-electron chi connectivity index (χ0n) is 8.85. The van der Waals surface area contributed by atoms with Crippen molar-refractivity contribution in [2.24, 2.45) is 0 Å². The molecule has 0 radical (unpaired) electrons. The summed E-state index contributed by atoms with van der Waals surface area (Å²) >= 11 is 0. The number of carboxylic acid groups (broad SMARTS) is 2. The molecule has 0 spiro atoms. The minimum atomic E-state index is -5.17. The molecule has 0 aromatic carbocycles. The van der Waals surface area contributed by atoms with Crippen LogP contribution < -0.4 is 6.15 Å². The van der Waals surface area contributed by atoms with Gasteiger partial charge in [-0.15, -0.1) is 0 Å². The Hall–Kier alpha value is 0.506.